The van der Waals surface area contributed by atoms with Crippen LogP contribution in [0.1, 0.15) is 53.9 Å². The van der Waals surface area contributed by atoms with Gasteiger partial charge in [0.25, 0.3) is 5.91 Å². The summed E-state index contributed by atoms with van der Waals surface area (Å²) in [6.07, 6.45) is 5.45. The standard InChI is InChI=1S/C26H27ClN2O2/c1-3-18-14-19(4-2)16-20(15-18)25(30)28-12-9-26(10-13-28)24-6-5-11-29(24)22-8-7-21(27)17-23(22)31-26/h5-8,11,14-17H,3-4,9-10,12-13H2,1-2H3. The van der Waals surface area contributed by atoms with Crippen LogP contribution >= 0.6 is 11.6 Å². The van der Waals surface area contributed by atoms with E-state index in [0.29, 0.717) is 18.1 Å². The normalized spacial score (nSPS) is 16.5. The highest BCUT2D eigenvalue weighted by Crippen LogP contribution is 2.45. The van der Waals surface area contributed by atoms with Gasteiger partial charge in [-0.3, -0.25) is 4.79 Å². The molecule has 4 nitrogen and oxygen atoms in total. The monoisotopic (exact) mass is 434 g/mol. The smallest absolute Gasteiger partial charge is 0.253 e. The van der Waals surface area contributed by atoms with Crippen molar-refractivity contribution < 1.29 is 9.53 Å². The topological polar surface area (TPSA) is 34.5 Å². The predicted octanol–water partition coefficient (Wildman–Crippen LogP) is 5.78. The summed E-state index contributed by atoms with van der Waals surface area (Å²) in [5, 5.41) is 0.666. The van der Waals surface area contributed by atoms with Gasteiger partial charge in [0, 0.05) is 48.8 Å². The summed E-state index contributed by atoms with van der Waals surface area (Å²) in [4.78, 5) is 15.3. The van der Waals surface area contributed by atoms with Crippen molar-refractivity contribution in [2.75, 3.05) is 13.1 Å². The molecule has 0 bridgehead atoms. The van der Waals surface area contributed by atoms with Gasteiger partial charge in [0.2, 0.25) is 0 Å². The molecule has 5 heteroatoms. The molecule has 0 saturated carbocycles. The summed E-state index contributed by atoms with van der Waals surface area (Å²) in [5.74, 6) is 0.925. The van der Waals surface area contributed by atoms with E-state index in [-0.39, 0.29) is 5.91 Å². The van der Waals surface area contributed by atoms with E-state index in [4.69, 9.17) is 16.3 Å². The molecule has 3 aromatic rings. The van der Waals surface area contributed by atoms with E-state index < -0.39 is 5.60 Å². The zero-order valence-electron chi connectivity index (χ0n) is 18.0. The number of rotatable bonds is 3. The van der Waals surface area contributed by atoms with E-state index in [2.05, 4.69) is 42.8 Å². The van der Waals surface area contributed by atoms with Gasteiger partial charge in [-0.05, 0) is 60.4 Å². The van der Waals surface area contributed by atoms with Crippen molar-refractivity contribution >= 4 is 17.5 Å². The molecular formula is C26H27ClN2O2. The molecule has 1 spiro atoms. The lowest BCUT2D eigenvalue weighted by Gasteiger charge is -2.45. The van der Waals surface area contributed by atoms with Crippen molar-refractivity contribution in [2.24, 2.45) is 0 Å². The Morgan fingerprint density at radius 1 is 1.03 bits per heavy atom. The molecule has 5 rings (SSSR count). The summed E-state index contributed by atoms with van der Waals surface area (Å²) >= 11 is 6.24. The quantitative estimate of drug-likeness (QED) is 0.523. The fraction of sp³-hybridized carbons (Fsp3) is 0.346. The second-order valence-corrected chi connectivity index (χ2v) is 8.95. The SMILES string of the molecule is CCc1cc(CC)cc(C(=O)N2CCC3(CC2)Oc2cc(Cl)ccc2-n2cccc23)c1. The largest absolute Gasteiger partial charge is 0.479 e. The number of nitrogens with zero attached hydrogens (tertiary/aromatic N) is 2. The zero-order valence-corrected chi connectivity index (χ0v) is 18.8. The van der Waals surface area contributed by atoms with Crippen LogP contribution < -0.4 is 4.74 Å². The Balaban J connectivity index is 1.40. The van der Waals surface area contributed by atoms with Crippen LogP contribution in [-0.2, 0) is 18.4 Å². The van der Waals surface area contributed by atoms with Crippen molar-refractivity contribution in [3.05, 3.63) is 82.1 Å². The van der Waals surface area contributed by atoms with Gasteiger partial charge in [0.15, 0.2) is 5.60 Å². The van der Waals surface area contributed by atoms with Gasteiger partial charge < -0.3 is 14.2 Å². The highest BCUT2D eigenvalue weighted by atomic mass is 35.5. The van der Waals surface area contributed by atoms with Gasteiger partial charge in [0.05, 0.1) is 11.4 Å². The summed E-state index contributed by atoms with van der Waals surface area (Å²) in [5.41, 5.74) is 4.97. The molecule has 0 aliphatic carbocycles. The Morgan fingerprint density at radius 2 is 1.74 bits per heavy atom. The first kappa shape index (κ1) is 20.2. The number of likely N-dealkylation sites (tertiary alicyclic amines) is 1. The molecule has 1 amide bonds. The number of halogens is 1. The Hall–Kier alpha value is -2.72. The lowest BCUT2D eigenvalue weighted by atomic mass is 9.86. The number of aromatic nitrogens is 1. The second-order valence-electron chi connectivity index (χ2n) is 8.51. The molecule has 2 aromatic carbocycles. The molecule has 0 unspecified atom stereocenters. The van der Waals surface area contributed by atoms with Gasteiger partial charge in [-0.15, -0.1) is 0 Å². The second kappa shape index (κ2) is 7.76. The van der Waals surface area contributed by atoms with Crippen LogP contribution in [0.25, 0.3) is 5.69 Å². The summed E-state index contributed by atoms with van der Waals surface area (Å²) < 4.78 is 8.79. The average molecular weight is 435 g/mol. The first-order valence-electron chi connectivity index (χ1n) is 11.1. The molecular weight excluding hydrogens is 408 g/mol. The van der Waals surface area contributed by atoms with E-state index >= 15 is 0 Å². The highest BCUT2D eigenvalue weighted by Gasteiger charge is 2.44. The molecule has 160 valence electrons. The van der Waals surface area contributed by atoms with Crippen LogP contribution in [0.3, 0.4) is 0 Å². The van der Waals surface area contributed by atoms with Gasteiger partial charge >= 0.3 is 0 Å². The molecule has 0 radical (unpaired) electrons. The number of carbonyl (C=O) groups excluding carboxylic acids is 1. The van der Waals surface area contributed by atoms with Gasteiger partial charge in [0.1, 0.15) is 5.75 Å². The maximum absolute atomic E-state index is 13.3. The maximum atomic E-state index is 13.3. The van der Waals surface area contributed by atoms with Crippen LogP contribution in [0.5, 0.6) is 5.75 Å². The van der Waals surface area contributed by atoms with Crippen LogP contribution in [0.4, 0.5) is 0 Å². The Bertz CT molecular complexity index is 1120. The first-order chi connectivity index (χ1) is 15.0. The molecule has 31 heavy (non-hydrogen) atoms. The first-order valence-corrected chi connectivity index (χ1v) is 11.5. The van der Waals surface area contributed by atoms with Crippen LogP contribution in [0.2, 0.25) is 5.02 Å². The van der Waals surface area contributed by atoms with E-state index in [0.717, 1.165) is 48.4 Å². The third kappa shape index (κ3) is 3.43. The minimum absolute atomic E-state index is 0.120. The third-order valence-corrected chi connectivity index (χ3v) is 6.91. The fourth-order valence-electron chi connectivity index (χ4n) is 4.90. The Morgan fingerprint density at radius 3 is 2.42 bits per heavy atom. The maximum Gasteiger partial charge on any atom is 0.253 e. The van der Waals surface area contributed by atoms with Gasteiger partial charge in [-0.2, -0.15) is 0 Å². The van der Waals surface area contributed by atoms with Gasteiger partial charge in [-0.25, -0.2) is 0 Å². The number of benzene rings is 2. The van der Waals surface area contributed by atoms with E-state index in [9.17, 15) is 4.79 Å². The number of piperidine rings is 1. The summed E-state index contributed by atoms with van der Waals surface area (Å²) in [6.45, 7) is 5.59. The number of ether oxygens (including phenoxy) is 1. The highest BCUT2D eigenvalue weighted by molar-refractivity contribution is 6.30. The van der Waals surface area contributed by atoms with Crippen LogP contribution in [0, 0.1) is 0 Å². The van der Waals surface area contributed by atoms with Crippen LogP contribution in [0.15, 0.2) is 54.7 Å². The molecule has 0 N–H and O–H groups in total. The van der Waals surface area contributed by atoms with Crippen molar-refractivity contribution in [2.45, 2.75) is 45.1 Å². The molecule has 2 aliphatic rings. The number of hydrogen-bond acceptors (Lipinski definition) is 2. The molecule has 2 aliphatic heterocycles. The fourth-order valence-corrected chi connectivity index (χ4v) is 5.06. The number of fused-ring (bicyclic) bond motifs is 4. The van der Waals surface area contributed by atoms with Crippen molar-refractivity contribution in [3.8, 4) is 11.4 Å². The summed E-state index contributed by atoms with van der Waals surface area (Å²) in [6, 6.07) is 16.3. The van der Waals surface area contributed by atoms with Crippen molar-refractivity contribution in [1.82, 2.24) is 9.47 Å². The lowest BCUT2D eigenvalue weighted by molar-refractivity contribution is -0.00930. The van der Waals surface area contributed by atoms with Crippen molar-refractivity contribution in [1.29, 1.82) is 0 Å². The number of amides is 1. The van der Waals surface area contributed by atoms with E-state index in [1.54, 1.807) is 0 Å². The summed E-state index contributed by atoms with van der Waals surface area (Å²) in [7, 11) is 0. The lowest BCUT2D eigenvalue weighted by Crippen LogP contribution is -2.50. The number of aryl methyl sites for hydroxylation is 2. The Labute approximate surface area is 188 Å². The third-order valence-electron chi connectivity index (χ3n) is 6.68. The van der Waals surface area contributed by atoms with Crippen LogP contribution in [-0.4, -0.2) is 28.5 Å². The Kier molecular flexibility index (Phi) is 5.05. The van der Waals surface area contributed by atoms with E-state index in [1.807, 2.05) is 35.2 Å². The molecule has 0 atom stereocenters. The number of carbonyl (C=O) groups is 1. The molecule has 1 aromatic heterocycles. The van der Waals surface area contributed by atoms with Gasteiger partial charge in [-0.1, -0.05) is 31.5 Å². The van der Waals surface area contributed by atoms with Crippen molar-refractivity contribution in [3.63, 3.8) is 0 Å². The number of hydrogen-bond donors (Lipinski definition) is 0. The molecule has 1 saturated heterocycles. The predicted molar refractivity (Wildman–Crippen MR) is 123 cm³/mol. The minimum atomic E-state index is -0.433. The molecule has 3 heterocycles. The average Bonchev–Trinajstić information content (AvgIpc) is 3.30. The zero-order chi connectivity index (χ0) is 21.6. The van der Waals surface area contributed by atoms with E-state index in [1.165, 1.54) is 11.1 Å². The molecule has 1 fully saturated rings. The minimum Gasteiger partial charge on any atom is -0.479 e.